The topological polar surface area (TPSA) is 73.1 Å². The monoisotopic (exact) mass is 300 g/mol. The molecule has 0 spiro atoms. The molecule has 2 aromatic carbocycles. The maximum absolute atomic E-state index is 12.0. The fourth-order valence-electron chi connectivity index (χ4n) is 1.91. The molecule has 0 bridgehead atoms. The Hall–Kier alpha value is -2.51. The molecule has 0 aliphatic heterocycles. The number of hydrogen-bond acceptors (Lipinski definition) is 3. The van der Waals surface area contributed by atoms with Crippen LogP contribution >= 0.6 is 11.6 Å². The lowest BCUT2D eigenvalue weighted by atomic mass is 10.1. The number of phenolic OH excluding ortho intramolecular Hbond substituents is 1. The standard InChI is InChI=1S/C16H13ClN2O2/c17-13-6-4-12(5-7-13)15(10-18)19-16(21)9-11-2-1-3-14(20)8-11/h1-8,15,20H,9H2,(H,19,21)/t15-/m0/s1. The summed E-state index contributed by atoms with van der Waals surface area (Å²) in [6.45, 7) is 0. The third kappa shape index (κ3) is 4.23. The predicted molar refractivity (Wildman–Crippen MR) is 79.8 cm³/mol. The van der Waals surface area contributed by atoms with Crippen LogP contribution in [0.4, 0.5) is 0 Å². The van der Waals surface area contributed by atoms with Gasteiger partial charge in [-0.3, -0.25) is 4.79 Å². The highest BCUT2D eigenvalue weighted by Crippen LogP contribution is 2.17. The van der Waals surface area contributed by atoms with E-state index in [1.54, 1.807) is 36.4 Å². The maximum atomic E-state index is 12.0. The van der Waals surface area contributed by atoms with E-state index in [-0.39, 0.29) is 18.1 Å². The number of rotatable bonds is 4. The van der Waals surface area contributed by atoms with Gasteiger partial charge >= 0.3 is 0 Å². The Labute approximate surface area is 127 Å². The summed E-state index contributed by atoms with van der Waals surface area (Å²) in [4.78, 5) is 12.0. The summed E-state index contributed by atoms with van der Waals surface area (Å²) in [6.07, 6.45) is 0.0974. The van der Waals surface area contributed by atoms with Crippen LogP contribution in [-0.2, 0) is 11.2 Å². The van der Waals surface area contributed by atoms with Crippen molar-refractivity contribution in [3.63, 3.8) is 0 Å². The number of aromatic hydroxyl groups is 1. The Bertz CT molecular complexity index is 677. The number of nitrogens with one attached hydrogen (secondary N) is 1. The number of carbonyl (C=O) groups is 1. The van der Waals surface area contributed by atoms with Gasteiger partial charge < -0.3 is 10.4 Å². The fraction of sp³-hybridized carbons (Fsp3) is 0.125. The smallest absolute Gasteiger partial charge is 0.225 e. The lowest BCUT2D eigenvalue weighted by Crippen LogP contribution is -2.28. The number of phenols is 1. The molecule has 0 fully saturated rings. The molecular weight excluding hydrogens is 288 g/mol. The Kier molecular flexibility index (Phi) is 4.81. The zero-order chi connectivity index (χ0) is 15.2. The number of hydrogen-bond donors (Lipinski definition) is 2. The quantitative estimate of drug-likeness (QED) is 0.911. The largest absolute Gasteiger partial charge is 0.508 e. The van der Waals surface area contributed by atoms with Gasteiger partial charge in [0, 0.05) is 5.02 Å². The van der Waals surface area contributed by atoms with Gasteiger partial charge in [-0.15, -0.1) is 0 Å². The van der Waals surface area contributed by atoms with Crippen molar-refractivity contribution in [3.05, 3.63) is 64.7 Å². The lowest BCUT2D eigenvalue weighted by molar-refractivity contribution is -0.120. The number of nitriles is 1. The number of benzene rings is 2. The van der Waals surface area contributed by atoms with Gasteiger partial charge in [0.15, 0.2) is 0 Å². The first-order valence-corrected chi connectivity index (χ1v) is 6.68. The molecule has 2 aromatic rings. The molecule has 2 rings (SSSR count). The molecule has 0 aliphatic rings. The van der Waals surface area contributed by atoms with E-state index in [2.05, 4.69) is 5.32 Å². The molecule has 4 nitrogen and oxygen atoms in total. The van der Waals surface area contributed by atoms with Crippen LogP contribution in [0.5, 0.6) is 5.75 Å². The molecule has 0 aliphatic carbocycles. The van der Waals surface area contributed by atoms with Crippen molar-refractivity contribution in [2.75, 3.05) is 0 Å². The normalized spacial score (nSPS) is 11.4. The second-order valence-electron chi connectivity index (χ2n) is 4.53. The number of amides is 1. The van der Waals surface area contributed by atoms with Crippen molar-refractivity contribution in [1.29, 1.82) is 5.26 Å². The molecule has 0 saturated carbocycles. The highest BCUT2D eigenvalue weighted by atomic mass is 35.5. The summed E-state index contributed by atoms with van der Waals surface area (Å²) in [7, 11) is 0. The summed E-state index contributed by atoms with van der Waals surface area (Å²) >= 11 is 5.79. The highest BCUT2D eigenvalue weighted by molar-refractivity contribution is 6.30. The van der Waals surface area contributed by atoms with Crippen molar-refractivity contribution in [2.24, 2.45) is 0 Å². The lowest BCUT2D eigenvalue weighted by Gasteiger charge is -2.12. The van der Waals surface area contributed by atoms with Gasteiger partial charge in [0.2, 0.25) is 5.91 Å². The van der Waals surface area contributed by atoms with Crippen molar-refractivity contribution in [1.82, 2.24) is 5.32 Å². The molecular formula is C16H13ClN2O2. The molecule has 106 valence electrons. The fourth-order valence-corrected chi connectivity index (χ4v) is 2.04. The molecule has 0 radical (unpaired) electrons. The molecule has 5 heteroatoms. The number of carbonyl (C=O) groups excluding carboxylic acids is 1. The van der Waals surface area contributed by atoms with E-state index in [1.165, 1.54) is 12.1 Å². The van der Waals surface area contributed by atoms with Crippen LogP contribution in [0.3, 0.4) is 0 Å². The SMILES string of the molecule is N#C[C@H](NC(=O)Cc1cccc(O)c1)c1ccc(Cl)cc1. The Balaban J connectivity index is 2.03. The van der Waals surface area contributed by atoms with Crippen molar-refractivity contribution >= 4 is 17.5 Å². The minimum Gasteiger partial charge on any atom is -0.508 e. The van der Waals surface area contributed by atoms with Crippen LogP contribution < -0.4 is 5.32 Å². The zero-order valence-corrected chi connectivity index (χ0v) is 11.8. The van der Waals surface area contributed by atoms with Crippen LogP contribution in [0.25, 0.3) is 0 Å². The molecule has 1 atom stereocenters. The van der Waals surface area contributed by atoms with E-state index in [1.807, 2.05) is 6.07 Å². The predicted octanol–water partition coefficient (Wildman–Crippen LogP) is 2.97. The summed E-state index contributed by atoms with van der Waals surface area (Å²) in [5.74, 6) is -0.183. The molecule has 21 heavy (non-hydrogen) atoms. The summed E-state index contributed by atoms with van der Waals surface area (Å²) in [5.41, 5.74) is 1.35. The summed E-state index contributed by atoms with van der Waals surface area (Å²) in [6, 6.07) is 14.5. The van der Waals surface area contributed by atoms with Crippen LogP contribution in [-0.4, -0.2) is 11.0 Å². The van der Waals surface area contributed by atoms with Gasteiger partial charge in [0.1, 0.15) is 11.8 Å². The average molecular weight is 301 g/mol. The van der Waals surface area contributed by atoms with Crippen molar-refractivity contribution in [2.45, 2.75) is 12.5 Å². The van der Waals surface area contributed by atoms with Gasteiger partial charge in [-0.2, -0.15) is 5.26 Å². The van der Waals surface area contributed by atoms with Crippen molar-refractivity contribution in [3.8, 4) is 11.8 Å². The summed E-state index contributed by atoms with van der Waals surface area (Å²) in [5, 5.41) is 21.7. The zero-order valence-electron chi connectivity index (χ0n) is 11.1. The molecule has 1 amide bonds. The van der Waals surface area contributed by atoms with Gasteiger partial charge in [0.05, 0.1) is 12.5 Å². The first kappa shape index (κ1) is 14.9. The number of halogens is 1. The molecule has 2 N–H and O–H groups in total. The molecule has 0 unspecified atom stereocenters. The highest BCUT2D eigenvalue weighted by Gasteiger charge is 2.14. The third-order valence-electron chi connectivity index (χ3n) is 2.91. The van der Waals surface area contributed by atoms with Crippen molar-refractivity contribution < 1.29 is 9.90 Å². The van der Waals surface area contributed by atoms with Crippen LogP contribution in [0.15, 0.2) is 48.5 Å². The summed E-state index contributed by atoms with van der Waals surface area (Å²) < 4.78 is 0. The number of nitrogens with zero attached hydrogens (tertiary/aromatic N) is 1. The average Bonchev–Trinajstić information content (AvgIpc) is 2.46. The van der Waals surface area contributed by atoms with Crippen LogP contribution in [0.2, 0.25) is 5.02 Å². The Morgan fingerprint density at radius 3 is 2.62 bits per heavy atom. The minimum atomic E-state index is -0.730. The first-order valence-electron chi connectivity index (χ1n) is 6.31. The third-order valence-corrected chi connectivity index (χ3v) is 3.16. The van der Waals surface area contributed by atoms with E-state index < -0.39 is 6.04 Å². The van der Waals surface area contributed by atoms with E-state index in [0.29, 0.717) is 16.1 Å². The van der Waals surface area contributed by atoms with Crippen LogP contribution in [0, 0.1) is 11.3 Å². The van der Waals surface area contributed by atoms with E-state index in [9.17, 15) is 15.2 Å². The van der Waals surface area contributed by atoms with Gasteiger partial charge in [-0.05, 0) is 35.4 Å². The second-order valence-corrected chi connectivity index (χ2v) is 4.96. The molecule has 0 heterocycles. The van der Waals surface area contributed by atoms with E-state index in [4.69, 9.17) is 11.6 Å². The Morgan fingerprint density at radius 2 is 2.00 bits per heavy atom. The van der Waals surface area contributed by atoms with E-state index in [0.717, 1.165) is 0 Å². The maximum Gasteiger partial charge on any atom is 0.225 e. The van der Waals surface area contributed by atoms with Gasteiger partial charge in [-0.1, -0.05) is 35.9 Å². The van der Waals surface area contributed by atoms with Gasteiger partial charge in [-0.25, -0.2) is 0 Å². The minimum absolute atomic E-state index is 0.0974. The van der Waals surface area contributed by atoms with E-state index >= 15 is 0 Å². The molecule has 0 saturated heterocycles. The first-order chi connectivity index (χ1) is 10.1. The second kappa shape index (κ2) is 6.78. The van der Waals surface area contributed by atoms with Gasteiger partial charge in [0.25, 0.3) is 0 Å². The molecule has 0 aromatic heterocycles. The van der Waals surface area contributed by atoms with Crippen LogP contribution in [0.1, 0.15) is 17.2 Å². The Morgan fingerprint density at radius 1 is 1.29 bits per heavy atom.